The number of unbranched alkanes of at least 4 members (excludes halogenated alkanes) is 1. The summed E-state index contributed by atoms with van der Waals surface area (Å²) in [5.74, 6) is 0. The maximum absolute atomic E-state index is 3.62. The lowest BCUT2D eigenvalue weighted by molar-refractivity contribution is 1.06. The first-order valence-corrected chi connectivity index (χ1v) is 3.99. The van der Waals surface area contributed by atoms with Gasteiger partial charge in [0, 0.05) is 0 Å². The van der Waals surface area contributed by atoms with E-state index >= 15 is 0 Å². The number of hydrogen-bond donors (Lipinski definition) is 0. The van der Waals surface area contributed by atoms with Crippen molar-refractivity contribution in [2.45, 2.75) is 12.8 Å². The molecule has 8 heavy (non-hydrogen) atoms. The quantitative estimate of drug-likeness (QED) is 0.414. The van der Waals surface area contributed by atoms with Crippen LogP contribution in [-0.4, -0.2) is 6.26 Å². The van der Waals surface area contributed by atoms with Gasteiger partial charge in [-0.15, -0.1) is 18.3 Å². The van der Waals surface area contributed by atoms with Gasteiger partial charge in [-0.3, -0.25) is 0 Å². The molecule has 0 radical (unpaired) electrons. The third-order valence-corrected chi connectivity index (χ3v) is 1.23. The Bertz CT molecular complexity index is 74.5. The Labute approximate surface area is 55.7 Å². The van der Waals surface area contributed by atoms with Crippen LogP contribution in [0.3, 0.4) is 0 Å². The molecule has 0 amide bonds. The van der Waals surface area contributed by atoms with Crippen molar-refractivity contribution in [3.63, 3.8) is 0 Å². The van der Waals surface area contributed by atoms with Crippen LogP contribution in [0.5, 0.6) is 0 Å². The van der Waals surface area contributed by atoms with E-state index in [4.69, 9.17) is 0 Å². The van der Waals surface area contributed by atoms with E-state index in [9.17, 15) is 0 Å². The molecule has 0 spiro atoms. The molecule has 0 fully saturated rings. The Morgan fingerprint density at radius 1 is 1.50 bits per heavy atom. The topological polar surface area (TPSA) is 0 Å². The van der Waals surface area contributed by atoms with Crippen molar-refractivity contribution in [3.05, 3.63) is 24.1 Å². The molecule has 0 N–H and O–H groups in total. The normalized spacial score (nSPS) is 10.1. The summed E-state index contributed by atoms with van der Waals surface area (Å²) in [6.07, 6.45) is 8.38. The lowest BCUT2D eigenvalue weighted by Gasteiger charge is -1.81. The molecule has 0 heterocycles. The lowest BCUT2D eigenvalue weighted by Crippen LogP contribution is -1.59. The van der Waals surface area contributed by atoms with Crippen molar-refractivity contribution in [2.75, 3.05) is 6.26 Å². The Kier molecular flexibility index (Phi) is 6.68. The summed E-state index contributed by atoms with van der Waals surface area (Å²) >= 11 is 1.74. The maximum Gasteiger partial charge on any atom is -0.0142 e. The van der Waals surface area contributed by atoms with Gasteiger partial charge in [-0.05, 0) is 24.5 Å². The van der Waals surface area contributed by atoms with Gasteiger partial charge >= 0.3 is 0 Å². The van der Waals surface area contributed by atoms with E-state index in [2.05, 4.69) is 24.3 Å². The molecule has 0 atom stereocenters. The van der Waals surface area contributed by atoms with Gasteiger partial charge in [-0.1, -0.05) is 12.2 Å². The van der Waals surface area contributed by atoms with E-state index in [0.717, 1.165) is 12.8 Å². The van der Waals surface area contributed by atoms with E-state index in [-0.39, 0.29) is 0 Å². The summed E-state index contributed by atoms with van der Waals surface area (Å²) < 4.78 is 0. The molecule has 46 valence electrons. The fraction of sp³-hybridized carbons (Fsp3) is 0.429. The zero-order valence-corrected chi connectivity index (χ0v) is 6.08. The first-order valence-electron chi connectivity index (χ1n) is 2.70. The molecule has 0 aliphatic heterocycles. The van der Waals surface area contributed by atoms with Crippen LogP contribution in [0.15, 0.2) is 24.1 Å². The minimum Gasteiger partial charge on any atom is -0.138 e. The van der Waals surface area contributed by atoms with Gasteiger partial charge < -0.3 is 0 Å². The zero-order valence-electron chi connectivity index (χ0n) is 5.26. The second-order valence-corrected chi connectivity index (χ2v) is 2.22. The maximum atomic E-state index is 3.62. The van der Waals surface area contributed by atoms with E-state index in [0.29, 0.717) is 0 Å². The van der Waals surface area contributed by atoms with Crippen LogP contribution in [0.2, 0.25) is 0 Å². The molecule has 0 aromatic heterocycles. The fourth-order valence-corrected chi connectivity index (χ4v) is 0.707. The lowest BCUT2D eigenvalue weighted by atomic mass is 10.3. The molecule has 0 nitrogen and oxygen atoms in total. The molecule has 0 aromatic carbocycles. The van der Waals surface area contributed by atoms with Crippen molar-refractivity contribution in [2.24, 2.45) is 0 Å². The third-order valence-electron chi connectivity index (χ3n) is 0.770. The van der Waals surface area contributed by atoms with E-state index in [1.54, 1.807) is 11.8 Å². The SMILES string of the molecule is C=CCC/C=C/SC. The van der Waals surface area contributed by atoms with Gasteiger partial charge in [0.05, 0.1) is 0 Å². The summed E-state index contributed by atoms with van der Waals surface area (Å²) in [6, 6.07) is 0. The average Bonchev–Trinajstić information content (AvgIpc) is 1.81. The van der Waals surface area contributed by atoms with Gasteiger partial charge in [-0.2, -0.15) is 0 Å². The Morgan fingerprint density at radius 3 is 2.75 bits per heavy atom. The number of rotatable bonds is 4. The highest BCUT2D eigenvalue weighted by atomic mass is 32.2. The second-order valence-electron chi connectivity index (χ2n) is 1.47. The second kappa shape index (κ2) is 6.83. The fourth-order valence-electron chi connectivity index (χ4n) is 0.378. The average molecular weight is 128 g/mol. The molecule has 0 aromatic rings. The molecule has 0 unspecified atom stereocenters. The predicted octanol–water partition coefficient (Wildman–Crippen LogP) is 2.83. The highest BCUT2D eigenvalue weighted by Gasteiger charge is 1.71. The summed E-state index contributed by atoms with van der Waals surface area (Å²) in [6.45, 7) is 3.62. The molecule has 0 bridgehead atoms. The molecule has 0 saturated heterocycles. The number of hydrogen-bond acceptors (Lipinski definition) is 1. The summed E-state index contributed by atoms with van der Waals surface area (Å²) in [4.78, 5) is 0. The van der Waals surface area contributed by atoms with Crippen molar-refractivity contribution >= 4 is 11.8 Å². The Hall–Kier alpha value is -0.170. The highest BCUT2D eigenvalue weighted by Crippen LogP contribution is 1.97. The zero-order chi connectivity index (χ0) is 6.24. The summed E-state index contributed by atoms with van der Waals surface area (Å²) in [7, 11) is 0. The molecular formula is C7H12S. The van der Waals surface area contributed by atoms with Crippen LogP contribution in [0.1, 0.15) is 12.8 Å². The predicted molar refractivity (Wildman–Crippen MR) is 42.1 cm³/mol. The number of thioether (sulfide) groups is 1. The van der Waals surface area contributed by atoms with Crippen molar-refractivity contribution < 1.29 is 0 Å². The monoisotopic (exact) mass is 128 g/mol. The molecular weight excluding hydrogens is 116 g/mol. The molecule has 0 aliphatic rings. The van der Waals surface area contributed by atoms with E-state index < -0.39 is 0 Å². The van der Waals surface area contributed by atoms with Gasteiger partial charge in [0.15, 0.2) is 0 Å². The van der Waals surface area contributed by atoms with E-state index in [1.807, 2.05) is 6.08 Å². The van der Waals surface area contributed by atoms with Gasteiger partial charge in [0.1, 0.15) is 0 Å². The standard InChI is InChI=1S/C7H12S/c1-3-4-5-6-7-8-2/h3,6-7H,1,4-5H2,2H3/b7-6+. The van der Waals surface area contributed by atoms with Crippen LogP contribution in [0.4, 0.5) is 0 Å². The van der Waals surface area contributed by atoms with E-state index in [1.165, 1.54) is 0 Å². The van der Waals surface area contributed by atoms with Gasteiger partial charge in [0.25, 0.3) is 0 Å². The highest BCUT2D eigenvalue weighted by molar-refractivity contribution is 8.01. The molecule has 0 rings (SSSR count). The minimum atomic E-state index is 1.09. The van der Waals surface area contributed by atoms with Crippen LogP contribution < -0.4 is 0 Å². The molecule has 0 aliphatic carbocycles. The van der Waals surface area contributed by atoms with Crippen LogP contribution in [-0.2, 0) is 0 Å². The first-order chi connectivity index (χ1) is 3.91. The summed E-state index contributed by atoms with van der Waals surface area (Å²) in [5.41, 5.74) is 0. The van der Waals surface area contributed by atoms with Gasteiger partial charge in [0.2, 0.25) is 0 Å². The first kappa shape index (κ1) is 7.83. The summed E-state index contributed by atoms with van der Waals surface area (Å²) in [5, 5.41) is 2.10. The van der Waals surface area contributed by atoms with Crippen LogP contribution in [0, 0.1) is 0 Å². The Morgan fingerprint density at radius 2 is 2.25 bits per heavy atom. The molecule has 0 saturated carbocycles. The third kappa shape index (κ3) is 5.83. The minimum absolute atomic E-state index is 1.09. The molecule has 1 heteroatoms. The van der Waals surface area contributed by atoms with Crippen LogP contribution >= 0.6 is 11.8 Å². The van der Waals surface area contributed by atoms with Crippen molar-refractivity contribution in [3.8, 4) is 0 Å². The van der Waals surface area contributed by atoms with Crippen molar-refractivity contribution in [1.29, 1.82) is 0 Å². The number of allylic oxidation sites excluding steroid dienone is 2. The van der Waals surface area contributed by atoms with Gasteiger partial charge in [-0.25, -0.2) is 0 Å². The smallest absolute Gasteiger partial charge is 0.0142 e. The Balaban J connectivity index is 2.90. The van der Waals surface area contributed by atoms with Crippen LogP contribution in [0.25, 0.3) is 0 Å². The van der Waals surface area contributed by atoms with Crippen molar-refractivity contribution in [1.82, 2.24) is 0 Å². The largest absolute Gasteiger partial charge is 0.138 e.